The van der Waals surface area contributed by atoms with Gasteiger partial charge in [-0.3, -0.25) is 24.2 Å². The highest BCUT2D eigenvalue weighted by atomic mass is 35.5. The maximum absolute atomic E-state index is 13.4. The van der Waals surface area contributed by atoms with Crippen LogP contribution in [-0.4, -0.2) is 64.9 Å². The molecule has 7 rings (SSSR count). The zero-order valence-electron chi connectivity index (χ0n) is 21.4. The summed E-state index contributed by atoms with van der Waals surface area (Å²) in [6.45, 7) is 3.07. The second-order valence-electron chi connectivity index (χ2n) is 9.91. The van der Waals surface area contributed by atoms with Gasteiger partial charge in [-0.2, -0.15) is 0 Å². The molecule has 4 heterocycles. The van der Waals surface area contributed by atoms with E-state index in [1.54, 1.807) is 36.4 Å². The Morgan fingerprint density at radius 3 is 2.20 bits per heavy atom. The number of fused-ring (bicyclic) bond motifs is 4. The summed E-state index contributed by atoms with van der Waals surface area (Å²) in [5.74, 6) is -1.78. The van der Waals surface area contributed by atoms with Crippen LogP contribution >= 0.6 is 46.1 Å². The van der Waals surface area contributed by atoms with Crippen LogP contribution in [0.4, 0.5) is 11.4 Å². The fourth-order valence-electron chi connectivity index (χ4n) is 5.51. The highest BCUT2D eigenvalue weighted by Gasteiger charge is 2.45. The molecule has 2 unspecified atom stereocenters. The van der Waals surface area contributed by atoms with Crippen molar-refractivity contribution in [2.24, 2.45) is 0 Å². The molecule has 8 nitrogen and oxygen atoms in total. The molecule has 3 aliphatic rings. The molecule has 2 atom stereocenters. The summed E-state index contributed by atoms with van der Waals surface area (Å²) in [5.41, 5.74) is 1.85. The third-order valence-corrected chi connectivity index (χ3v) is 9.61. The first-order valence-corrected chi connectivity index (χ1v) is 14.8. The fourth-order valence-corrected chi connectivity index (χ4v) is 7.27. The third kappa shape index (κ3) is 5.41. The number of carboxylic acids is 1. The van der Waals surface area contributed by atoms with E-state index >= 15 is 0 Å². The van der Waals surface area contributed by atoms with Crippen LogP contribution in [0.2, 0.25) is 15.1 Å². The standard InChI is InChI=1S/C29H23Cl3N4O4S/c30-16-2-5-18(6-3-16)33-27(37)20-14-17(31)4-8-21(20)34-28(38)26-23(32)19-7-1-15(13-22(19)41-26)24-25(29(39)40)36-11-9-35(24)10-12-36/h1-8,13-14,24-25H,9-12H2,(H,33,37)(H,34,38)(H,39,40). The summed E-state index contributed by atoms with van der Waals surface area (Å²) >= 11 is 20.0. The normalized spacial score (nSPS) is 21.5. The number of nitrogens with one attached hydrogen (secondary N) is 2. The van der Waals surface area contributed by atoms with Gasteiger partial charge in [0.2, 0.25) is 0 Å². The Morgan fingerprint density at radius 1 is 0.805 bits per heavy atom. The van der Waals surface area contributed by atoms with Crippen molar-refractivity contribution in [2.45, 2.75) is 12.1 Å². The monoisotopic (exact) mass is 628 g/mol. The Kier molecular flexibility index (Phi) is 7.67. The number of hydrogen-bond acceptors (Lipinski definition) is 6. The van der Waals surface area contributed by atoms with E-state index in [1.165, 1.54) is 17.4 Å². The number of thiophene rings is 1. The van der Waals surface area contributed by atoms with Gasteiger partial charge < -0.3 is 15.7 Å². The van der Waals surface area contributed by atoms with Crippen LogP contribution in [0, 0.1) is 0 Å². The van der Waals surface area contributed by atoms with Crippen LogP contribution in [0.25, 0.3) is 10.1 Å². The van der Waals surface area contributed by atoms with Crippen molar-refractivity contribution in [2.75, 3.05) is 36.8 Å². The lowest BCUT2D eigenvalue weighted by Gasteiger charge is -2.51. The molecule has 12 heteroatoms. The molecule has 3 fully saturated rings. The van der Waals surface area contributed by atoms with Gasteiger partial charge in [-0.25, -0.2) is 0 Å². The van der Waals surface area contributed by atoms with Gasteiger partial charge >= 0.3 is 5.97 Å². The molecule has 3 saturated heterocycles. The summed E-state index contributed by atoms with van der Waals surface area (Å²) in [5, 5.41) is 17.4. The molecular formula is C29H23Cl3N4O4S. The summed E-state index contributed by atoms with van der Waals surface area (Å²) in [7, 11) is 0. The molecule has 3 aromatic carbocycles. The SMILES string of the molecule is O=C(Nc1ccc(Cl)cc1)c1cc(Cl)ccc1NC(=O)c1sc2cc(C3C(C(=O)O)N4CCN3CC4)ccc2c1Cl. The van der Waals surface area contributed by atoms with Crippen molar-refractivity contribution in [1.82, 2.24) is 9.80 Å². The zero-order chi connectivity index (χ0) is 28.8. The number of carbonyl (C=O) groups is 3. The van der Waals surface area contributed by atoms with E-state index in [4.69, 9.17) is 34.8 Å². The Bertz CT molecular complexity index is 1690. The van der Waals surface area contributed by atoms with Crippen molar-refractivity contribution in [3.05, 3.63) is 91.7 Å². The average Bonchev–Trinajstić information content (AvgIpc) is 3.30. The Morgan fingerprint density at radius 2 is 1.49 bits per heavy atom. The number of anilines is 2. The van der Waals surface area contributed by atoms with Crippen LogP contribution in [0.15, 0.2) is 60.7 Å². The lowest BCUT2D eigenvalue weighted by molar-refractivity contribution is -0.154. The molecule has 2 amide bonds. The van der Waals surface area contributed by atoms with Gasteiger partial charge in [-0.15, -0.1) is 11.3 Å². The van der Waals surface area contributed by atoms with Crippen LogP contribution in [-0.2, 0) is 4.79 Å². The van der Waals surface area contributed by atoms with Crippen LogP contribution in [0.1, 0.15) is 31.6 Å². The number of hydrogen-bond donors (Lipinski definition) is 3. The molecule has 0 radical (unpaired) electrons. The number of carbonyl (C=O) groups excluding carboxylic acids is 2. The van der Waals surface area contributed by atoms with Crippen molar-refractivity contribution >= 4 is 85.4 Å². The molecule has 0 aliphatic carbocycles. The van der Waals surface area contributed by atoms with Gasteiger partial charge in [0.25, 0.3) is 11.8 Å². The predicted molar refractivity (Wildman–Crippen MR) is 163 cm³/mol. The van der Waals surface area contributed by atoms with Crippen LogP contribution in [0.5, 0.6) is 0 Å². The molecule has 4 aromatic rings. The smallest absolute Gasteiger partial charge is 0.322 e. The highest BCUT2D eigenvalue weighted by Crippen LogP contribution is 2.41. The maximum atomic E-state index is 13.4. The summed E-state index contributed by atoms with van der Waals surface area (Å²) in [4.78, 5) is 43.2. The van der Waals surface area contributed by atoms with Crippen molar-refractivity contribution in [1.29, 1.82) is 0 Å². The molecule has 3 N–H and O–H groups in total. The van der Waals surface area contributed by atoms with Crippen LogP contribution < -0.4 is 10.6 Å². The molecule has 3 aliphatic heterocycles. The van der Waals surface area contributed by atoms with Gasteiger partial charge in [0.15, 0.2) is 0 Å². The number of nitrogens with zero attached hydrogens (tertiary/aromatic N) is 2. The van der Waals surface area contributed by atoms with E-state index < -0.39 is 23.8 Å². The molecule has 0 spiro atoms. The van der Waals surface area contributed by atoms with Gasteiger partial charge in [-0.05, 0) is 54.1 Å². The topological polar surface area (TPSA) is 102 Å². The summed E-state index contributed by atoms with van der Waals surface area (Å²) in [6, 6.07) is 16.0. The Hall–Kier alpha value is -3.18. The predicted octanol–water partition coefficient (Wildman–Crippen LogP) is 6.49. The lowest BCUT2D eigenvalue weighted by Crippen LogP contribution is -2.64. The summed E-state index contributed by atoms with van der Waals surface area (Å²) < 4.78 is 0.774. The number of benzene rings is 3. The first-order valence-electron chi connectivity index (χ1n) is 12.8. The average molecular weight is 630 g/mol. The second kappa shape index (κ2) is 11.2. The number of piperazine rings is 3. The fraction of sp³-hybridized carbons (Fsp3) is 0.207. The van der Waals surface area contributed by atoms with Crippen molar-refractivity contribution < 1.29 is 19.5 Å². The Balaban J connectivity index is 1.27. The van der Waals surface area contributed by atoms with Gasteiger partial charge in [-0.1, -0.05) is 46.9 Å². The number of rotatable bonds is 6. The zero-order valence-corrected chi connectivity index (χ0v) is 24.4. The van der Waals surface area contributed by atoms with E-state index in [-0.39, 0.29) is 22.2 Å². The minimum absolute atomic E-state index is 0.177. The van der Waals surface area contributed by atoms with E-state index in [9.17, 15) is 19.5 Å². The second-order valence-corrected chi connectivity index (χ2v) is 12.2. The van der Waals surface area contributed by atoms with Gasteiger partial charge in [0, 0.05) is 52.0 Å². The van der Waals surface area contributed by atoms with Crippen molar-refractivity contribution in [3.8, 4) is 0 Å². The molecule has 210 valence electrons. The van der Waals surface area contributed by atoms with E-state index in [0.717, 1.165) is 36.4 Å². The molecule has 2 bridgehead atoms. The Labute approximate surface area is 254 Å². The molecule has 0 saturated carbocycles. The molecule has 1 aromatic heterocycles. The first-order chi connectivity index (χ1) is 19.7. The van der Waals surface area contributed by atoms with Crippen molar-refractivity contribution in [3.63, 3.8) is 0 Å². The minimum atomic E-state index is -0.845. The number of carboxylic acid groups (broad SMARTS) is 1. The van der Waals surface area contributed by atoms with Crippen LogP contribution in [0.3, 0.4) is 0 Å². The molecule has 41 heavy (non-hydrogen) atoms. The lowest BCUT2D eigenvalue weighted by atomic mass is 9.91. The number of amides is 2. The van der Waals surface area contributed by atoms with E-state index in [2.05, 4.69) is 15.5 Å². The summed E-state index contributed by atoms with van der Waals surface area (Å²) in [6.07, 6.45) is 0. The number of aliphatic carboxylic acids is 1. The quantitative estimate of drug-likeness (QED) is 0.225. The van der Waals surface area contributed by atoms with Gasteiger partial charge in [0.1, 0.15) is 10.9 Å². The minimum Gasteiger partial charge on any atom is -0.480 e. The van der Waals surface area contributed by atoms with E-state index in [0.29, 0.717) is 26.1 Å². The molecular weight excluding hydrogens is 607 g/mol. The maximum Gasteiger partial charge on any atom is 0.322 e. The first kappa shape index (κ1) is 28.0. The third-order valence-electron chi connectivity index (χ3n) is 7.47. The highest BCUT2D eigenvalue weighted by molar-refractivity contribution is 7.21. The van der Waals surface area contributed by atoms with E-state index in [1.807, 2.05) is 23.1 Å². The largest absolute Gasteiger partial charge is 0.480 e. The number of halogens is 3. The van der Waals surface area contributed by atoms with Gasteiger partial charge in [0.05, 0.1) is 22.3 Å².